The second-order valence-electron chi connectivity index (χ2n) is 7.58. The maximum Gasteiger partial charge on any atom is 0.338 e. The molecule has 0 spiro atoms. The predicted octanol–water partition coefficient (Wildman–Crippen LogP) is 4.34. The Balaban J connectivity index is 1.96. The normalized spacial score (nSPS) is 15.5. The van der Waals surface area contributed by atoms with Crippen LogP contribution in [0, 0.1) is 0 Å². The number of allylic oxidation sites excluding steroid dienone is 1. The first-order valence-electron chi connectivity index (χ1n) is 10.7. The van der Waals surface area contributed by atoms with Crippen LogP contribution in [-0.2, 0) is 9.53 Å². The number of carbonyl (C=O) groups is 1. The van der Waals surface area contributed by atoms with Crippen molar-refractivity contribution in [1.29, 1.82) is 0 Å². The minimum Gasteiger partial charge on any atom is -0.496 e. The van der Waals surface area contributed by atoms with E-state index in [9.17, 15) is 9.59 Å². The second-order valence-corrected chi connectivity index (χ2v) is 10.4. The average Bonchev–Trinajstić information content (AvgIpc) is 3.13. The van der Waals surface area contributed by atoms with E-state index in [0.29, 0.717) is 37.7 Å². The summed E-state index contributed by atoms with van der Waals surface area (Å²) in [6.45, 7) is 3.73. The number of hydrogen-bond acceptors (Lipinski definition) is 7. The van der Waals surface area contributed by atoms with Gasteiger partial charge in [-0.3, -0.25) is 9.36 Å². The molecule has 10 heteroatoms. The van der Waals surface area contributed by atoms with E-state index in [0.717, 1.165) is 14.5 Å². The van der Waals surface area contributed by atoms with Crippen molar-refractivity contribution in [1.82, 2.24) is 4.57 Å². The van der Waals surface area contributed by atoms with Crippen molar-refractivity contribution >= 4 is 55.2 Å². The van der Waals surface area contributed by atoms with E-state index in [1.54, 1.807) is 44.8 Å². The molecular weight excluding hydrogens is 600 g/mol. The number of ether oxygens (including phenoxy) is 3. The fraction of sp³-hybridized carbons (Fsp3) is 0.240. The lowest BCUT2D eigenvalue weighted by atomic mass is 9.96. The maximum atomic E-state index is 13.7. The number of rotatable bonds is 6. The first-order chi connectivity index (χ1) is 16.8. The van der Waals surface area contributed by atoms with Gasteiger partial charge in [-0.1, -0.05) is 39.4 Å². The Morgan fingerprint density at radius 1 is 1.14 bits per heavy atom. The molecule has 1 atom stereocenters. The first-order valence-corrected chi connectivity index (χ1v) is 13.1. The van der Waals surface area contributed by atoms with Crippen LogP contribution in [0.25, 0.3) is 6.08 Å². The number of benzene rings is 2. The molecule has 0 radical (unpaired) electrons. The molecule has 4 rings (SSSR count). The smallest absolute Gasteiger partial charge is 0.338 e. The number of esters is 1. The van der Waals surface area contributed by atoms with Gasteiger partial charge in [0.1, 0.15) is 11.5 Å². The van der Waals surface area contributed by atoms with Crippen molar-refractivity contribution < 1.29 is 19.0 Å². The molecule has 0 saturated heterocycles. The molecule has 0 saturated carbocycles. The van der Waals surface area contributed by atoms with E-state index in [1.807, 2.05) is 30.3 Å². The van der Waals surface area contributed by atoms with Gasteiger partial charge in [-0.15, -0.1) is 0 Å². The molecule has 0 N–H and O–H groups in total. The third kappa shape index (κ3) is 4.87. The average molecular weight is 622 g/mol. The molecule has 2 heterocycles. The molecule has 0 amide bonds. The van der Waals surface area contributed by atoms with Crippen molar-refractivity contribution in [2.75, 3.05) is 20.8 Å². The SMILES string of the molecule is CCOC(=O)C1=C(C)N=c2s/c(=C\c3cc(Br)c(OC)cc3OC)c(=O)n2[C@H]1c1ccc(Br)cc1. The van der Waals surface area contributed by atoms with Gasteiger partial charge in [-0.25, -0.2) is 9.79 Å². The number of nitrogens with zero attached hydrogens (tertiary/aromatic N) is 2. The minimum atomic E-state index is -0.662. The van der Waals surface area contributed by atoms with Gasteiger partial charge in [-0.2, -0.15) is 0 Å². The second kappa shape index (κ2) is 10.5. The summed E-state index contributed by atoms with van der Waals surface area (Å²) in [5, 5.41) is 0. The Morgan fingerprint density at radius 2 is 1.83 bits per heavy atom. The van der Waals surface area contributed by atoms with Crippen molar-refractivity contribution in [2.24, 2.45) is 4.99 Å². The van der Waals surface area contributed by atoms with Crippen LogP contribution in [0.5, 0.6) is 11.5 Å². The van der Waals surface area contributed by atoms with E-state index in [-0.39, 0.29) is 12.2 Å². The van der Waals surface area contributed by atoms with E-state index >= 15 is 0 Å². The molecule has 0 unspecified atom stereocenters. The van der Waals surface area contributed by atoms with Gasteiger partial charge in [0.05, 0.1) is 47.1 Å². The van der Waals surface area contributed by atoms with E-state index in [2.05, 4.69) is 36.9 Å². The molecule has 182 valence electrons. The summed E-state index contributed by atoms with van der Waals surface area (Å²) in [7, 11) is 3.13. The summed E-state index contributed by atoms with van der Waals surface area (Å²) in [4.78, 5) is 31.8. The van der Waals surface area contributed by atoms with Crippen LogP contribution >= 0.6 is 43.2 Å². The highest BCUT2D eigenvalue weighted by Crippen LogP contribution is 2.34. The quantitative estimate of drug-likeness (QED) is 0.383. The number of aromatic nitrogens is 1. The summed E-state index contributed by atoms with van der Waals surface area (Å²) < 4.78 is 19.8. The van der Waals surface area contributed by atoms with Gasteiger partial charge >= 0.3 is 5.97 Å². The summed E-state index contributed by atoms with van der Waals surface area (Å²) in [6.07, 6.45) is 1.76. The maximum absolute atomic E-state index is 13.7. The molecule has 35 heavy (non-hydrogen) atoms. The number of methoxy groups -OCH3 is 2. The summed E-state index contributed by atoms with van der Waals surface area (Å²) in [5.41, 5.74) is 2.09. The zero-order chi connectivity index (χ0) is 25.3. The number of fused-ring (bicyclic) bond motifs is 1. The Kier molecular flexibility index (Phi) is 7.63. The number of halogens is 2. The van der Waals surface area contributed by atoms with Gasteiger partial charge < -0.3 is 14.2 Å². The van der Waals surface area contributed by atoms with Crippen LogP contribution in [0.1, 0.15) is 31.0 Å². The highest BCUT2D eigenvalue weighted by molar-refractivity contribution is 9.10. The lowest BCUT2D eigenvalue weighted by molar-refractivity contribution is -0.139. The lowest BCUT2D eigenvalue weighted by Gasteiger charge is -2.24. The molecule has 1 aliphatic rings. The van der Waals surface area contributed by atoms with E-state index < -0.39 is 12.0 Å². The molecule has 7 nitrogen and oxygen atoms in total. The van der Waals surface area contributed by atoms with Crippen molar-refractivity contribution in [2.45, 2.75) is 19.9 Å². The number of thiazole rings is 1. The molecule has 0 aliphatic carbocycles. The Labute approximate surface area is 222 Å². The monoisotopic (exact) mass is 620 g/mol. The van der Waals surface area contributed by atoms with Gasteiger partial charge in [0.2, 0.25) is 0 Å². The van der Waals surface area contributed by atoms with Gasteiger partial charge in [0.15, 0.2) is 4.80 Å². The zero-order valence-corrected chi connectivity index (χ0v) is 23.4. The molecule has 2 aromatic carbocycles. The fourth-order valence-electron chi connectivity index (χ4n) is 3.89. The topological polar surface area (TPSA) is 79.1 Å². The van der Waals surface area contributed by atoms with Crippen LogP contribution in [0.2, 0.25) is 0 Å². The van der Waals surface area contributed by atoms with Crippen molar-refractivity contribution in [3.63, 3.8) is 0 Å². The fourth-order valence-corrected chi connectivity index (χ4v) is 5.71. The third-order valence-corrected chi connectivity index (χ3v) is 7.62. The highest BCUT2D eigenvalue weighted by Gasteiger charge is 2.33. The van der Waals surface area contributed by atoms with Crippen LogP contribution in [0.15, 0.2) is 66.4 Å². The van der Waals surface area contributed by atoms with E-state index in [1.165, 1.54) is 11.3 Å². The standard InChI is InChI=1S/C25H22Br2N2O5S/c1-5-34-24(31)21-13(2)28-25-29(22(21)14-6-8-16(26)9-7-14)23(30)20(35-25)11-15-10-17(27)19(33-4)12-18(15)32-3/h6-12,22H,5H2,1-4H3/b20-11-/t22-/m0/s1. The lowest BCUT2D eigenvalue weighted by Crippen LogP contribution is -2.39. The number of carbonyl (C=O) groups excluding carboxylic acids is 1. The molecular formula is C25H22Br2N2O5S. The molecule has 3 aromatic rings. The van der Waals surface area contributed by atoms with Crippen molar-refractivity contribution in [3.05, 3.63) is 87.4 Å². The zero-order valence-electron chi connectivity index (χ0n) is 19.4. The van der Waals surface area contributed by atoms with Crippen LogP contribution < -0.4 is 24.4 Å². The summed E-state index contributed by atoms with van der Waals surface area (Å²) in [5.74, 6) is 0.686. The summed E-state index contributed by atoms with van der Waals surface area (Å²) in [6, 6.07) is 10.4. The summed E-state index contributed by atoms with van der Waals surface area (Å²) >= 11 is 8.19. The van der Waals surface area contributed by atoms with Crippen molar-refractivity contribution in [3.8, 4) is 11.5 Å². The largest absolute Gasteiger partial charge is 0.496 e. The highest BCUT2D eigenvalue weighted by atomic mass is 79.9. The molecule has 0 bridgehead atoms. The van der Waals surface area contributed by atoms with Gasteiger partial charge in [0, 0.05) is 16.1 Å². The molecule has 1 aromatic heterocycles. The predicted molar refractivity (Wildman–Crippen MR) is 142 cm³/mol. The molecule has 1 aliphatic heterocycles. The van der Waals surface area contributed by atoms with Crippen LogP contribution in [-0.4, -0.2) is 31.4 Å². The van der Waals surface area contributed by atoms with Crippen LogP contribution in [0.4, 0.5) is 0 Å². The van der Waals surface area contributed by atoms with Gasteiger partial charge in [-0.05, 0) is 59.6 Å². The molecule has 0 fully saturated rings. The van der Waals surface area contributed by atoms with E-state index in [4.69, 9.17) is 14.2 Å². The first kappa shape index (κ1) is 25.4. The Morgan fingerprint density at radius 3 is 2.46 bits per heavy atom. The Hall–Kier alpha value is -2.69. The van der Waals surface area contributed by atoms with Crippen LogP contribution in [0.3, 0.4) is 0 Å². The van der Waals surface area contributed by atoms with Gasteiger partial charge in [0.25, 0.3) is 5.56 Å². The third-order valence-electron chi connectivity index (χ3n) is 5.49. The Bertz CT molecular complexity index is 1510. The number of hydrogen-bond donors (Lipinski definition) is 0. The minimum absolute atomic E-state index is 0.221.